The minimum atomic E-state index is 0.278. The smallest absolute Gasteiger partial charge is 0.120 e. The number of nitrogens with one attached hydrogen (secondary N) is 1. The summed E-state index contributed by atoms with van der Waals surface area (Å²) in [5.74, 6) is 1.72. The molecule has 0 aliphatic carbocycles. The molecule has 116 valence electrons. The van der Waals surface area contributed by atoms with Gasteiger partial charge in [0.05, 0.1) is 12.3 Å². The highest BCUT2D eigenvalue weighted by atomic mass is 16.3. The Balaban J connectivity index is 2.29. The van der Waals surface area contributed by atoms with Crippen LogP contribution in [0.5, 0.6) is 0 Å². The highest BCUT2D eigenvalue weighted by Gasteiger charge is 2.10. The zero-order valence-corrected chi connectivity index (χ0v) is 13.7. The molecule has 1 aromatic heterocycles. The van der Waals surface area contributed by atoms with Crippen molar-refractivity contribution in [3.05, 3.63) is 24.2 Å². The summed E-state index contributed by atoms with van der Waals surface area (Å²) < 4.78 is 5.41. The van der Waals surface area contributed by atoms with E-state index < -0.39 is 0 Å². The van der Waals surface area contributed by atoms with Crippen LogP contribution in [0.15, 0.2) is 22.8 Å². The van der Waals surface area contributed by atoms with E-state index in [1.165, 1.54) is 0 Å². The molecule has 0 bridgehead atoms. The number of nitrogens with zero attached hydrogens (tertiary/aromatic N) is 2. The predicted molar refractivity (Wildman–Crippen MR) is 85.0 cm³/mol. The van der Waals surface area contributed by atoms with Gasteiger partial charge in [0.1, 0.15) is 5.76 Å². The molecule has 1 aromatic rings. The molecule has 4 nitrogen and oxygen atoms in total. The van der Waals surface area contributed by atoms with Gasteiger partial charge in [-0.25, -0.2) is 0 Å². The van der Waals surface area contributed by atoms with Crippen LogP contribution in [-0.2, 0) is 0 Å². The van der Waals surface area contributed by atoms with Crippen LogP contribution in [-0.4, -0.2) is 56.6 Å². The Labute approximate surface area is 124 Å². The maximum Gasteiger partial charge on any atom is 0.120 e. The molecule has 0 aliphatic rings. The van der Waals surface area contributed by atoms with Gasteiger partial charge in [0.15, 0.2) is 0 Å². The molecule has 0 amide bonds. The average Bonchev–Trinajstić information content (AvgIpc) is 2.88. The minimum absolute atomic E-state index is 0.278. The topological polar surface area (TPSA) is 31.6 Å². The van der Waals surface area contributed by atoms with Crippen LogP contribution in [0.3, 0.4) is 0 Å². The number of hydrogen-bond donors (Lipinski definition) is 1. The monoisotopic (exact) mass is 281 g/mol. The Morgan fingerprint density at radius 1 is 1.15 bits per heavy atom. The summed E-state index contributed by atoms with van der Waals surface area (Å²) in [6.07, 6.45) is 1.73. The summed E-state index contributed by atoms with van der Waals surface area (Å²) in [6.45, 7) is 12.2. The van der Waals surface area contributed by atoms with Gasteiger partial charge in [0.2, 0.25) is 0 Å². The third-order valence-corrected chi connectivity index (χ3v) is 3.34. The van der Waals surface area contributed by atoms with Crippen LogP contribution in [0.4, 0.5) is 0 Å². The number of rotatable bonds is 10. The molecule has 1 heterocycles. The molecule has 0 fully saturated rings. The SMILES string of the molecule is CC(C)CN(CCNC(C)c1ccco1)CCN(C)C. The second-order valence-corrected chi connectivity index (χ2v) is 6.19. The van der Waals surface area contributed by atoms with Crippen LogP contribution in [0.25, 0.3) is 0 Å². The lowest BCUT2D eigenvalue weighted by Crippen LogP contribution is -2.39. The summed E-state index contributed by atoms with van der Waals surface area (Å²) in [5, 5.41) is 3.53. The fourth-order valence-corrected chi connectivity index (χ4v) is 2.23. The maximum atomic E-state index is 5.41. The molecule has 4 heteroatoms. The summed E-state index contributed by atoms with van der Waals surface area (Å²) in [5.41, 5.74) is 0. The van der Waals surface area contributed by atoms with Crippen molar-refractivity contribution in [2.24, 2.45) is 5.92 Å². The Morgan fingerprint density at radius 3 is 2.45 bits per heavy atom. The summed E-state index contributed by atoms with van der Waals surface area (Å²) in [6, 6.07) is 4.24. The predicted octanol–water partition coefficient (Wildman–Crippen LogP) is 2.45. The first-order valence-electron chi connectivity index (χ1n) is 7.63. The van der Waals surface area contributed by atoms with Crippen LogP contribution >= 0.6 is 0 Å². The maximum absolute atomic E-state index is 5.41. The van der Waals surface area contributed by atoms with E-state index in [9.17, 15) is 0 Å². The molecule has 1 N–H and O–H groups in total. The normalized spacial score (nSPS) is 13.6. The fraction of sp³-hybridized carbons (Fsp3) is 0.750. The van der Waals surface area contributed by atoms with E-state index in [2.05, 4.69) is 50.0 Å². The van der Waals surface area contributed by atoms with Gasteiger partial charge >= 0.3 is 0 Å². The fourth-order valence-electron chi connectivity index (χ4n) is 2.23. The molecule has 1 atom stereocenters. The van der Waals surface area contributed by atoms with Crippen molar-refractivity contribution in [2.45, 2.75) is 26.8 Å². The van der Waals surface area contributed by atoms with E-state index in [0.717, 1.165) is 38.5 Å². The van der Waals surface area contributed by atoms with Crippen molar-refractivity contribution in [3.8, 4) is 0 Å². The van der Waals surface area contributed by atoms with E-state index >= 15 is 0 Å². The van der Waals surface area contributed by atoms with Crippen molar-refractivity contribution >= 4 is 0 Å². The largest absolute Gasteiger partial charge is 0.468 e. The molecule has 20 heavy (non-hydrogen) atoms. The Bertz CT molecular complexity index is 336. The molecule has 0 saturated heterocycles. The highest BCUT2D eigenvalue weighted by molar-refractivity contribution is 5.02. The third-order valence-electron chi connectivity index (χ3n) is 3.34. The number of furan rings is 1. The first kappa shape index (κ1) is 17.2. The van der Waals surface area contributed by atoms with Crippen molar-refractivity contribution < 1.29 is 4.42 Å². The lowest BCUT2D eigenvalue weighted by Gasteiger charge is -2.26. The highest BCUT2D eigenvalue weighted by Crippen LogP contribution is 2.11. The van der Waals surface area contributed by atoms with Gasteiger partial charge in [-0.2, -0.15) is 0 Å². The molecule has 0 radical (unpaired) electrons. The second kappa shape index (κ2) is 9.16. The zero-order valence-electron chi connectivity index (χ0n) is 13.7. The summed E-state index contributed by atoms with van der Waals surface area (Å²) >= 11 is 0. The van der Waals surface area contributed by atoms with Crippen LogP contribution in [0.1, 0.15) is 32.6 Å². The molecular formula is C16H31N3O. The summed E-state index contributed by atoms with van der Waals surface area (Å²) in [7, 11) is 4.26. The van der Waals surface area contributed by atoms with Gasteiger partial charge in [-0.1, -0.05) is 13.8 Å². The van der Waals surface area contributed by atoms with Gasteiger partial charge in [0.25, 0.3) is 0 Å². The Hall–Kier alpha value is -0.840. The molecular weight excluding hydrogens is 250 g/mol. The van der Waals surface area contributed by atoms with Crippen LogP contribution < -0.4 is 5.32 Å². The van der Waals surface area contributed by atoms with E-state index in [0.29, 0.717) is 5.92 Å². The van der Waals surface area contributed by atoms with Crippen LogP contribution in [0.2, 0.25) is 0 Å². The lowest BCUT2D eigenvalue weighted by molar-refractivity contribution is 0.216. The van der Waals surface area contributed by atoms with Gasteiger partial charge in [-0.05, 0) is 39.1 Å². The first-order valence-corrected chi connectivity index (χ1v) is 7.63. The van der Waals surface area contributed by atoms with E-state index in [1.54, 1.807) is 6.26 Å². The Morgan fingerprint density at radius 2 is 1.90 bits per heavy atom. The van der Waals surface area contributed by atoms with Crippen LogP contribution in [0, 0.1) is 5.92 Å². The Kier molecular flexibility index (Phi) is 7.88. The molecule has 0 aromatic carbocycles. The van der Waals surface area contributed by atoms with Gasteiger partial charge in [-0.15, -0.1) is 0 Å². The molecule has 0 aliphatic heterocycles. The van der Waals surface area contributed by atoms with Gasteiger partial charge < -0.3 is 19.5 Å². The quantitative estimate of drug-likeness (QED) is 0.714. The zero-order chi connectivity index (χ0) is 15.0. The molecule has 1 rings (SSSR count). The van der Waals surface area contributed by atoms with Crippen molar-refractivity contribution in [1.82, 2.24) is 15.1 Å². The van der Waals surface area contributed by atoms with Crippen molar-refractivity contribution in [1.29, 1.82) is 0 Å². The lowest BCUT2D eigenvalue weighted by atomic mass is 10.2. The van der Waals surface area contributed by atoms with Gasteiger partial charge in [-0.3, -0.25) is 0 Å². The molecule has 0 saturated carbocycles. The van der Waals surface area contributed by atoms with E-state index in [4.69, 9.17) is 4.42 Å². The standard InChI is InChI=1S/C16H31N3O/c1-14(2)13-19(11-10-18(4)5)9-8-17-15(3)16-7-6-12-20-16/h6-7,12,14-15,17H,8-11,13H2,1-5H3. The van der Waals surface area contributed by atoms with Crippen molar-refractivity contribution in [2.75, 3.05) is 46.8 Å². The first-order chi connectivity index (χ1) is 9.49. The molecule has 1 unspecified atom stereocenters. The van der Waals surface area contributed by atoms with Gasteiger partial charge in [0, 0.05) is 32.7 Å². The van der Waals surface area contributed by atoms with Crippen molar-refractivity contribution in [3.63, 3.8) is 0 Å². The third kappa shape index (κ3) is 7.08. The van der Waals surface area contributed by atoms with E-state index in [1.807, 2.05) is 12.1 Å². The summed E-state index contributed by atoms with van der Waals surface area (Å²) in [4.78, 5) is 4.78. The average molecular weight is 281 g/mol. The second-order valence-electron chi connectivity index (χ2n) is 6.19. The molecule has 0 spiro atoms. The minimum Gasteiger partial charge on any atom is -0.468 e. The number of likely N-dealkylation sites (N-methyl/N-ethyl adjacent to an activating group) is 1. The van der Waals surface area contributed by atoms with E-state index in [-0.39, 0.29) is 6.04 Å². The number of hydrogen-bond acceptors (Lipinski definition) is 4.